The molecule has 1 nitrogen and oxygen atoms in total. The van der Waals surface area contributed by atoms with Gasteiger partial charge in [-0.25, -0.2) is 0 Å². The topological polar surface area (TPSA) is 12.0 Å². The highest BCUT2D eigenvalue weighted by molar-refractivity contribution is 5.09. The van der Waals surface area contributed by atoms with Crippen LogP contribution in [0.1, 0.15) is 39.5 Å². The van der Waals surface area contributed by atoms with Crippen molar-refractivity contribution < 1.29 is 0 Å². The van der Waals surface area contributed by atoms with Crippen LogP contribution < -0.4 is 5.32 Å². The molecule has 0 aromatic heterocycles. The van der Waals surface area contributed by atoms with Gasteiger partial charge in [0.15, 0.2) is 0 Å². The highest BCUT2D eigenvalue weighted by atomic mass is 15.0. The lowest BCUT2D eigenvalue weighted by Crippen LogP contribution is -2.46. The van der Waals surface area contributed by atoms with E-state index in [9.17, 15) is 0 Å². The van der Waals surface area contributed by atoms with Gasteiger partial charge in [-0.2, -0.15) is 0 Å². The average molecular weight is 153 g/mol. The highest BCUT2D eigenvalue weighted by Gasteiger charge is 2.54. The molecule has 2 aliphatic rings. The first-order chi connectivity index (χ1) is 5.23. The Kier molecular flexibility index (Phi) is 1.71. The quantitative estimate of drug-likeness (QED) is 0.655. The normalized spacial score (nSPS) is 32.5. The van der Waals surface area contributed by atoms with Crippen LogP contribution >= 0.6 is 0 Å². The maximum atomic E-state index is 3.67. The van der Waals surface area contributed by atoms with Gasteiger partial charge in [0.1, 0.15) is 0 Å². The van der Waals surface area contributed by atoms with Crippen LogP contribution in [0, 0.1) is 11.3 Å². The lowest BCUT2D eigenvalue weighted by atomic mass is 9.76. The SMILES string of the molecule is CC(C)CN[C@@H]1CCC12CC2. The van der Waals surface area contributed by atoms with Gasteiger partial charge in [-0.15, -0.1) is 0 Å². The molecule has 1 heteroatoms. The van der Waals surface area contributed by atoms with E-state index in [0.717, 1.165) is 17.4 Å². The van der Waals surface area contributed by atoms with Gasteiger partial charge < -0.3 is 5.32 Å². The van der Waals surface area contributed by atoms with Gasteiger partial charge in [0, 0.05) is 6.04 Å². The molecule has 0 saturated heterocycles. The molecule has 0 aromatic carbocycles. The summed E-state index contributed by atoms with van der Waals surface area (Å²) < 4.78 is 0. The van der Waals surface area contributed by atoms with Crippen molar-refractivity contribution in [3.8, 4) is 0 Å². The monoisotopic (exact) mass is 153 g/mol. The maximum absolute atomic E-state index is 3.67. The minimum absolute atomic E-state index is 0.811. The molecule has 1 N–H and O–H groups in total. The molecule has 0 amide bonds. The number of hydrogen-bond acceptors (Lipinski definition) is 1. The van der Waals surface area contributed by atoms with E-state index < -0.39 is 0 Å². The van der Waals surface area contributed by atoms with Gasteiger partial charge >= 0.3 is 0 Å². The van der Waals surface area contributed by atoms with Crippen molar-refractivity contribution in [2.75, 3.05) is 6.54 Å². The molecule has 0 radical (unpaired) electrons. The smallest absolute Gasteiger partial charge is 0.0124 e. The molecule has 0 aliphatic heterocycles. The molecule has 2 saturated carbocycles. The summed E-state index contributed by atoms with van der Waals surface area (Å²) >= 11 is 0. The Hall–Kier alpha value is -0.0400. The maximum Gasteiger partial charge on any atom is 0.0124 e. The molecule has 1 atom stereocenters. The van der Waals surface area contributed by atoms with E-state index >= 15 is 0 Å². The third-order valence-electron chi connectivity index (χ3n) is 3.33. The molecule has 64 valence electrons. The summed E-state index contributed by atoms with van der Waals surface area (Å²) in [6.07, 6.45) is 5.95. The summed E-state index contributed by atoms with van der Waals surface area (Å²) in [7, 11) is 0. The van der Waals surface area contributed by atoms with Crippen LogP contribution in [0.4, 0.5) is 0 Å². The summed E-state index contributed by atoms with van der Waals surface area (Å²) in [6, 6.07) is 0.893. The van der Waals surface area contributed by atoms with E-state index in [4.69, 9.17) is 0 Å². The molecule has 2 fully saturated rings. The third-order valence-corrected chi connectivity index (χ3v) is 3.33. The van der Waals surface area contributed by atoms with Crippen molar-refractivity contribution in [3.63, 3.8) is 0 Å². The van der Waals surface area contributed by atoms with Crippen molar-refractivity contribution in [3.05, 3.63) is 0 Å². The van der Waals surface area contributed by atoms with Gasteiger partial charge in [0.2, 0.25) is 0 Å². The zero-order chi connectivity index (χ0) is 7.90. The molecule has 0 bridgehead atoms. The lowest BCUT2D eigenvalue weighted by Gasteiger charge is -2.38. The Balaban J connectivity index is 1.71. The van der Waals surface area contributed by atoms with E-state index in [1.54, 1.807) is 0 Å². The minimum Gasteiger partial charge on any atom is -0.313 e. The molecule has 0 aromatic rings. The first kappa shape index (κ1) is 7.60. The van der Waals surface area contributed by atoms with Crippen LogP contribution in [0.5, 0.6) is 0 Å². The van der Waals surface area contributed by atoms with Crippen LogP contribution in [0.3, 0.4) is 0 Å². The Morgan fingerprint density at radius 1 is 1.36 bits per heavy atom. The second kappa shape index (κ2) is 2.48. The molecule has 0 unspecified atom stereocenters. The van der Waals surface area contributed by atoms with E-state index in [1.165, 1.54) is 32.2 Å². The summed E-state index contributed by atoms with van der Waals surface area (Å²) in [6.45, 7) is 5.78. The number of rotatable bonds is 3. The van der Waals surface area contributed by atoms with Crippen molar-refractivity contribution in [2.24, 2.45) is 11.3 Å². The standard InChI is InChI=1S/C10H19N/c1-8(2)7-11-9-3-4-10(9)5-6-10/h8-9,11H,3-7H2,1-2H3/t9-/m1/s1. The average Bonchev–Trinajstić information content (AvgIpc) is 2.64. The summed E-state index contributed by atoms with van der Waals surface area (Å²) in [5, 5.41) is 3.67. The van der Waals surface area contributed by atoms with Crippen molar-refractivity contribution in [1.82, 2.24) is 5.32 Å². The molecular weight excluding hydrogens is 134 g/mol. The van der Waals surface area contributed by atoms with Crippen LogP contribution in [0.25, 0.3) is 0 Å². The second-order valence-corrected chi connectivity index (χ2v) is 4.76. The predicted octanol–water partition coefficient (Wildman–Crippen LogP) is 2.17. The van der Waals surface area contributed by atoms with E-state index in [0.29, 0.717) is 0 Å². The first-order valence-electron chi connectivity index (χ1n) is 4.96. The van der Waals surface area contributed by atoms with Crippen molar-refractivity contribution >= 4 is 0 Å². The fraction of sp³-hybridized carbons (Fsp3) is 1.00. The van der Waals surface area contributed by atoms with Gasteiger partial charge in [0.05, 0.1) is 0 Å². The first-order valence-corrected chi connectivity index (χ1v) is 4.96. The van der Waals surface area contributed by atoms with E-state index in [-0.39, 0.29) is 0 Å². The van der Waals surface area contributed by atoms with Crippen LogP contribution in [-0.4, -0.2) is 12.6 Å². The Labute approximate surface area is 69.6 Å². The predicted molar refractivity (Wildman–Crippen MR) is 47.5 cm³/mol. The molecule has 2 aliphatic carbocycles. The van der Waals surface area contributed by atoms with Gasteiger partial charge in [-0.1, -0.05) is 13.8 Å². The largest absolute Gasteiger partial charge is 0.313 e. The third kappa shape index (κ3) is 1.31. The highest BCUT2D eigenvalue weighted by Crippen LogP contribution is 2.60. The Bertz CT molecular complexity index is 147. The van der Waals surface area contributed by atoms with Gasteiger partial charge in [-0.05, 0) is 43.6 Å². The molecule has 1 spiro atoms. The van der Waals surface area contributed by atoms with Gasteiger partial charge in [0.25, 0.3) is 0 Å². The fourth-order valence-corrected chi connectivity index (χ4v) is 2.15. The molecule has 0 heterocycles. The molecule has 11 heavy (non-hydrogen) atoms. The Morgan fingerprint density at radius 2 is 2.09 bits per heavy atom. The van der Waals surface area contributed by atoms with Gasteiger partial charge in [-0.3, -0.25) is 0 Å². The summed E-state index contributed by atoms with van der Waals surface area (Å²) in [5.41, 5.74) is 0.814. The summed E-state index contributed by atoms with van der Waals surface area (Å²) in [5.74, 6) is 0.811. The zero-order valence-corrected chi connectivity index (χ0v) is 7.69. The second-order valence-electron chi connectivity index (χ2n) is 4.76. The lowest BCUT2D eigenvalue weighted by molar-refractivity contribution is 0.180. The minimum atomic E-state index is 0.811. The van der Waals surface area contributed by atoms with Crippen LogP contribution in [-0.2, 0) is 0 Å². The fourth-order valence-electron chi connectivity index (χ4n) is 2.15. The van der Waals surface area contributed by atoms with Crippen LogP contribution in [0.15, 0.2) is 0 Å². The number of nitrogens with one attached hydrogen (secondary N) is 1. The van der Waals surface area contributed by atoms with E-state index in [1.807, 2.05) is 0 Å². The number of hydrogen-bond donors (Lipinski definition) is 1. The molecular formula is C10H19N. The summed E-state index contributed by atoms with van der Waals surface area (Å²) in [4.78, 5) is 0. The van der Waals surface area contributed by atoms with Crippen molar-refractivity contribution in [2.45, 2.75) is 45.6 Å². The van der Waals surface area contributed by atoms with Crippen LogP contribution in [0.2, 0.25) is 0 Å². The van der Waals surface area contributed by atoms with E-state index in [2.05, 4.69) is 19.2 Å². The molecule has 2 rings (SSSR count). The Morgan fingerprint density at radius 3 is 2.45 bits per heavy atom. The van der Waals surface area contributed by atoms with Crippen molar-refractivity contribution in [1.29, 1.82) is 0 Å². The zero-order valence-electron chi connectivity index (χ0n) is 7.69.